The molecule has 2 aromatic carbocycles. The maximum atomic E-state index is 5.85. The average molecular weight is 295 g/mol. The lowest BCUT2D eigenvalue weighted by atomic mass is 10.1. The Bertz CT molecular complexity index is 763. The lowest BCUT2D eigenvalue weighted by Gasteiger charge is -2.07. The first-order valence-corrected chi connectivity index (χ1v) is 7.61. The van der Waals surface area contributed by atoms with Crippen LogP contribution >= 0.6 is 11.3 Å². The summed E-state index contributed by atoms with van der Waals surface area (Å²) >= 11 is 1.66. The third-order valence-electron chi connectivity index (χ3n) is 3.35. The topological polar surface area (TPSA) is 50.9 Å². The average Bonchev–Trinajstić information content (AvgIpc) is 2.84. The van der Waals surface area contributed by atoms with Gasteiger partial charge in [0.05, 0.1) is 5.69 Å². The summed E-state index contributed by atoms with van der Waals surface area (Å²) in [7, 11) is 0. The van der Waals surface area contributed by atoms with Crippen molar-refractivity contribution >= 4 is 27.8 Å². The van der Waals surface area contributed by atoms with Crippen LogP contribution in [0.1, 0.15) is 10.4 Å². The van der Waals surface area contributed by atoms with E-state index in [2.05, 4.69) is 31.3 Å². The highest BCUT2D eigenvalue weighted by atomic mass is 32.1. The molecule has 0 bridgehead atoms. The molecule has 0 atom stereocenters. The molecule has 0 saturated carbocycles. The molecule has 3 aromatic rings. The maximum absolute atomic E-state index is 5.85. The van der Waals surface area contributed by atoms with E-state index in [1.165, 1.54) is 4.88 Å². The Morgan fingerprint density at radius 2 is 1.81 bits per heavy atom. The lowest BCUT2D eigenvalue weighted by Crippen LogP contribution is -1.94. The van der Waals surface area contributed by atoms with E-state index in [9.17, 15) is 0 Å². The van der Waals surface area contributed by atoms with E-state index in [0.29, 0.717) is 0 Å². The van der Waals surface area contributed by atoms with E-state index in [-0.39, 0.29) is 0 Å². The van der Waals surface area contributed by atoms with Crippen LogP contribution in [-0.4, -0.2) is 4.98 Å². The number of aromatic nitrogens is 1. The van der Waals surface area contributed by atoms with Crippen LogP contribution in [0.3, 0.4) is 0 Å². The van der Waals surface area contributed by atoms with E-state index in [4.69, 9.17) is 10.7 Å². The fourth-order valence-corrected chi connectivity index (χ4v) is 3.05. The number of aryl methyl sites for hydroxylation is 2. The molecule has 0 amide bonds. The fourth-order valence-electron chi connectivity index (χ4n) is 2.20. The first kappa shape index (κ1) is 13.6. The van der Waals surface area contributed by atoms with Gasteiger partial charge in [0.1, 0.15) is 0 Å². The zero-order valence-electron chi connectivity index (χ0n) is 12.1. The van der Waals surface area contributed by atoms with Crippen molar-refractivity contribution in [2.75, 3.05) is 11.1 Å². The van der Waals surface area contributed by atoms with Gasteiger partial charge < -0.3 is 11.1 Å². The molecular weight excluding hydrogens is 278 g/mol. The molecule has 0 fully saturated rings. The standard InChI is InChI=1S/C17H17N3S/c1-11-8-9-14(18)10-15(11)19-17-20-16(12(2)21-17)13-6-4-3-5-7-13/h3-10H,18H2,1-2H3,(H,19,20). The molecule has 3 N–H and O–H groups in total. The minimum absolute atomic E-state index is 0.750. The number of nitrogens with one attached hydrogen (secondary N) is 1. The summed E-state index contributed by atoms with van der Waals surface area (Å²) < 4.78 is 0. The van der Waals surface area contributed by atoms with Crippen LogP contribution < -0.4 is 11.1 Å². The van der Waals surface area contributed by atoms with Crippen molar-refractivity contribution in [3.8, 4) is 11.3 Å². The Morgan fingerprint density at radius 3 is 2.57 bits per heavy atom. The zero-order valence-corrected chi connectivity index (χ0v) is 12.9. The van der Waals surface area contributed by atoms with Gasteiger partial charge in [-0.2, -0.15) is 0 Å². The van der Waals surface area contributed by atoms with E-state index < -0.39 is 0 Å². The van der Waals surface area contributed by atoms with E-state index in [1.807, 2.05) is 36.4 Å². The predicted molar refractivity (Wildman–Crippen MR) is 91.2 cm³/mol. The molecule has 0 radical (unpaired) electrons. The van der Waals surface area contributed by atoms with E-state index in [0.717, 1.165) is 33.3 Å². The molecule has 0 spiro atoms. The van der Waals surface area contributed by atoms with Gasteiger partial charge in [-0.1, -0.05) is 36.4 Å². The van der Waals surface area contributed by atoms with Crippen molar-refractivity contribution in [1.29, 1.82) is 0 Å². The van der Waals surface area contributed by atoms with E-state index in [1.54, 1.807) is 11.3 Å². The predicted octanol–water partition coefficient (Wildman–Crippen LogP) is 4.75. The normalized spacial score (nSPS) is 10.6. The molecule has 4 heteroatoms. The SMILES string of the molecule is Cc1ccc(N)cc1Nc1nc(-c2ccccc2)c(C)s1. The third kappa shape index (κ3) is 2.90. The molecule has 106 valence electrons. The number of nitrogens with two attached hydrogens (primary N) is 1. The minimum Gasteiger partial charge on any atom is -0.399 e. The Kier molecular flexibility index (Phi) is 3.62. The number of rotatable bonds is 3. The van der Waals surface area contributed by atoms with Gasteiger partial charge in [-0.05, 0) is 31.5 Å². The van der Waals surface area contributed by atoms with Crippen LogP contribution in [0.5, 0.6) is 0 Å². The van der Waals surface area contributed by atoms with Crippen LogP contribution in [0.15, 0.2) is 48.5 Å². The lowest BCUT2D eigenvalue weighted by molar-refractivity contribution is 1.34. The number of nitrogen functional groups attached to an aromatic ring is 1. The number of thiazole rings is 1. The summed E-state index contributed by atoms with van der Waals surface area (Å²) in [6.07, 6.45) is 0. The summed E-state index contributed by atoms with van der Waals surface area (Å²) in [4.78, 5) is 5.91. The summed E-state index contributed by atoms with van der Waals surface area (Å²) in [5, 5.41) is 4.26. The summed E-state index contributed by atoms with van der Waals surface area (Å²) in [6.45, 7) is 4.15. The first-order chi connectivity index (χ1) is 10.1. The molecule has 0 aliphatic heterocycles. The maximum Gasteiger partial charge on any atom is 0.187 e. The van der Waals surface area contributed by atoms with E-state index >= 15 is 0 Å². The van der Waals surface area contributed by atoms with Gasteiger partial charge in [0.2, 0.25) is 0 Å². The Hall–Kier alpha value is -2.33. The smallest absolute Gasteiger partial charge is 0.187 e. The van der Waals surface area contributed by atoms with Crippen LogP contribution in [0.4, 0.5) is 16.5 Å². The van der Waals surface area contributed by atoms with Gasteiger partial charge in [0.25, 0.3) is 0 Å². The summed E-state index contributed by atoms with van der Waals surface area (Å²) in [6, 6.07) is 16.1. The number of nitrogens with zero attached hydrogens (tertiary/aromatic N) is 1. The van der Waals surface area contributed by atoms with Crippen LogP contribution in [-0.2, 0) is 0 Å². The Balaban J connectivity index is 1.93. The summed E-state index contributed by atoms with van der Waals surface area (Å²) in [5.41, 5.74) is 10.9. The van der Waals surface area contributed by atoms with Gasteiger partial charge in [-0.3, -0.25) is 0 Å². The van der Waals surface area contributed by atoms with Crippen molar-refractivity contribution in [2.24, 2.45) is 0 Å². The molecule has 0 aliphatic carbocycles. The number of hydrogen-bond donors (Lipinski definition) is 2. The molecule has 0 unspecified atom stereocenters. The number of hydrogen-bond acceptors (Lipinski definition) is 4. The molecule has 0 saturated heterocycles. The van der Waals surface area contributed by atoms with Gasteiger partial charge in [0, 0.05) is 21.8 Å². The molecule has 0 aliphatic rings. The van der Waals surface area contributed by atoms with Crippen LogP contribution in [0, 0.1) is 13.8 Å². The molecule has 21 heavy (non-hydrogen) atoms. The second-order valence-electron chi connectivity index (χ2n) is 4.99. The van der Waals surface area contributed by atoms with Crippen LogP contribution in [0.25, 0.3) is 11.3 Å². The van der Waals surface area contributed by atoms with Crippen molar-refractivity contribution in [2.45, 2.75) is 13.8 Å². The first-order valence-electron chi connectivity index (χ1n) is 6.79. The number of benzene rings is 2. The van der Waals surface area contributed by atoms with Crippen molar-refractivity contribution in [3.63, 3.8) is 0 Å². The highest BCUT2D eigenvalue weighted by Gasteiger charge is 2.10. The second-order valence-corrected chi connectivity index (χ2v) is 6.19. The van der Waals surface area contributed by atoms with Gasteiger partial charge in [0.15, 0.2) is 5.13 Å². The molecular formula is C17H17N3S. The highest BCUT2D eigenvalue weighted by molar-refractivity contribution is 7.16. The van der Waals surface area contributed by atoms with Crippen molar-refractivity contribution in [3.05, 3.63) is 59.0 Å². The quantitative estimate of drug-likeness (QED) is 0.685. The minimum atomic E-state index is 0.750. The van der Waals surface area contributed by atoms with Crippen molar-refractivity contribution < 1.29 is 0 Å². The third-order valence-corrected chi connectivity index (χ3v) is 4.23. The van der Waals surface area contributed by atoms with Gasteiger partial charge >= 0.3 is 0 Å². The number of anilines is 3. The van der Waals surface area contributed by atoms with Crippen molar-refractivity contribution in [1.82, 2.24) is 4.98 Å². The van der Waals surface area contributed by atoms with Crippen LogP contribution in [0.2, 0.25) is 0 Å². The van der Waals surface area contributed by atoms with Gasteiger partial charge in [-0.15, -0.1) is 11.3 Å². The molecule has 3 nitrogen and oxygen atoms in total. The Morgan fingerprint density at radius 1 is 1.05 bits per heavy atom. The zero-order chi connectivity index (χ0) is 14.8. The fraction of sp³-hybridized carbons (Fsp3) is 0.118. The van der Waals surface area contributed by atoms with Gasteiger partial charge in [-0.25, -0.2) is 4.98 Å². The Labute approximate surface area is 128 Å². The monoisotopic (exact) mass is 295 g/mol. The molecule has 1 aromatic heterocycles. The summed E-state index contributed by atoms with van der Waals surface area (Å²) in [5.74, 6) is 0. The second kappa shape index (κ2) is 5.58. The molecule has 1 heterocycles. The highest BCUT2D eigenvalue weighted by Crippen LogP contribution is 2.32. The largest absolute Gasteiger partial charge is 0.399 e. The molecule has 3 rings (SSSR count).